The van der Waals surface area contributed by atoms with Gasteiger partial charge >= 0.3 is 5.69 Å². The molecule has 0 unspecified atom stereocenters. The van der Waals surface area contributed by atoms with Crippen LogP contribution in [0.2, 0.25) is 0 Å². The molecule has 1 aromatic heterocycles. The maximum Gasteiger partial charge on any atom is 0.306 e. The number of rotatable bonds is 5. The van der Waals surface area contributed by atoms with Crippen LogP contribution in [0, 0.1) is 22.9 Å². The molecule has 112 valence electrons. The second-order valence-electron chi connectivity index (χ2n) is 4.00. The van der Waals surface area contributed by atoms with Gasteiger partial charge in [-0.2, -0.15) is 9.37 Å². The van der Waals surface area contributed by atoms with Crippen LogP contribution in [0.3, 0.4) is 0 Å². The number of hydrogen-bond donors (Lipinski definition) is 1. The average molecular weight is 316 g/mol. The summed E-state index contributed by atoms with van der Waals surface area (Å²) in [6.45, 7) is 1.07. The number of nitro benzene ring substituents is 1. The summed E-state index contributed by atoms with van der Waals surface area (Å²) in [6.07, 6.45) is 1.03. The second-order valence-corrected chi connectivity index (χ2v) is 5.73. The van der Waals surface area contributed by atoms with E-state index in [-0.39, 0.29) is 22.8 Å². The normalized spacial score (nSPS) is 11.5. The number of hydrogen-bond acceptors (Lipinski definition) is 7. The van der Waals surface area contributed by atoms with E-state index in [0.29, 0.717) is 6.07 Å². The molecule has 0 spiro atoms. The zero-order valence-electron chi connectivity index (χ0n) is 10.6. The maximum atomic E-state index is 13.4. The lowest BCUT2D eigenvalue weighted by Gasteiger charge is -2.08. The topological polar surface area (TPSA) is 128 Å². The van der Waals surface area contributed by atoms with Crippen LogP contribution in [0.5, 0.6) is 0 Å². The monoisotopic (exact) mass is 316 g/mol. The minimum absolute atomic E-state index is 0.0405. The molecule has 21 heavy (non-hydrogen) atoms. The Morgan fingerprint density at radius 1 is 1.48 bits per heavy atom. The number of nitro groups is 1. The summed E-state index contributed by atoms with van der Waals surface area (Å²) in [4.78, 5) is 12.9. The SMILES string of the molecule is Cc1cc(F)c([N+](=O)[O-])cc1S(=O)(=O)NCc1ncon1. The molecule has 0 saturated carbocycles. The van der Waals surface area contributed by atoms with Crippen LogP contribution < -0.4 is 4.72 Å². The Kier molecular flexibility index (Phi) is 3.95. The van der Waals surface area contributed by atoms with Gasteiger partial charge in [0.05, 0.1) is 16.4 Å². The average Bonchev–Trinajstić information content (AvgIpc) is 2.88. The molecule has 0 bridgehead atoms. The summed E-state index contributed by atoms with van der Waals surface area (Å²) in [5.74, 6) is -1.01. The van der Waals surface area contributed by atoms with Gasteiger partial charge in [-0.3, -0.25) is 10.1 Å². The van der Waals surface area contributed by atoms with Crippen LogP contribution in [0.1, 0.15) is 11.4 Å². The van der Waals surface area contributed by atoms with Crippen LogP contribution >= 0.6 is 0 Å². The Labute approximate surface area is 118 Å². The first-order chi connectivity index (χ1) is 9.81. The highest BCUT2D eigenvalue weighted by Crippen LogP contribution is 2.25. The van der Waals surface area contributed by atoms with Crippen molar-refractivity contribution in [2.45, 2.75) is 18.4 Å². The van der Waals surface area contributed by atoms with Crippen LogP contribution in [0.4, 0.5) is 10.1 Å². The van der Waals surface area contributed by atoms with Gasteiger partial charge in [0.1, 0.15) is 0 Å². The minimum atomic E-state index is -4.08. The van der Waals surface area contributed by atoms with Crippen LogP contribution in [-0.4, -0.2) is 23.5 Å². The van der Waals surface area contributed by atoms with Crippen molar-refractivity contribution in [2.75, 3.05) is 0 Å². The van der Waals surface area contributed by atoms with Crippen molar-refractivity contribution in [2.24, 2.45) is 0 Å². The van der Waals surface area contributed by atoms with Gasteiger partial charge in [0.15, 0.2) is 5.82 Å². The Morgan fingerprint density at radius 2 is 2.19 bits per heavy atom. The molecular formula is C10H9FN4O5S. The van der Waals surface area contributed by atoms with Gasteiger partial charge in [-0.25, -0.2) is 13.1 Å². The quantitative estimate of drug-likeness (QED) is 0.641. The molecule has 0 atom stereocenters. The summed E-state index contributed by atoms with van der Waals surface area (Å²) < 4.78 is 44.2. The molecule has 0 aliphatic carbocycles. The molecule has 0 amide bonds. The lowest BCUT2D eigenvalue weighted by atomic mass is 10.2. The number of nitrogens with zero attached hydrogens (tertiary/aromatic N) is 3. The predicted octanol–water partition coefficient (Wildman–Crippen LogP) is 0.904. The molecule has 9 nitrogen and oxygen atoms in total. The Balaban J connectivity index is 2.35. The van der Waals surface area contributed by atoms with E-state index < -0.39 is 26.5 Å². The lowest BCUT2D eigenvalue weighted by Crippen LogP contribution is -2.24. The molecule has 0 radical (unpaired) electrons. The van der Waals surface area contributed by atoms with Gasteiger partial charge < -0.3 is 4.52 Å². The van der Waals surface area contributed by atoms with Crippen molar-refractivity contribution in [1.82, 2.24) is 14.9 Å². The fourth-order valence-corrected chi connectivity index (χ4v) is 2.80. The highest BCUT2D eigenvalue weighted by Gasteiger charge is 2.24. The van der Waals surface area contributed by atoms with E-state index >= 15 is 0 Å². The van der Waals surface area contributed by atoms with E-state index in [1.165, 1.54) is 6.92 Å². The smallest absolute Gasteiger partial charge is 0.306 e. The van der Waals surface area contributed by atoms with Crippen LogP contribution in [0.15, 0.2) is 27.9 Å². The third-order valence-corrected chi connectivity index (χ3v) is 4.10. The molecule has 0 aliphatic heterocycles. The number of aryl methyl sites for hydroxylation is 1. The van der Waals surface area contributed by atoms with Gasteiger partial charge in [0.25, 0.3) is 0 Å². The number of aromatic nitrogens is 2. The second kappa shape index (κ2) is 5.54. The molecule has 1 heterocycles. The molecular weight excluding hydrogens is 307 g/mol. The third-order valence-electron chi connectivity index (χ3n) is 2.56. The highest BCUT2D eigenvalue weighted by atomic mass is 32.2. The van der Waals surface area contributed by atoms with Crippen molar-refractivity contribution in [3.8, 4) is 0 Å². The molecule has 2 rings (SSSR count). The van der Waals surface area contributed by atoms with Gasteiger partial charge in [-0.05, 0) is 18.6 Å². The minimum Gasteiger partial charge on any atom is -0.343 e. The standard InChI is InChI=1S/C10H9FN4O5S/c1-6-2-7(11)8(15(16)17)3-9(6)21(18,19)13-4-10-12-5-20-14-10/h2-3,5,13H,4H2,1H3. The van der Waals surface area contributed by atoms with Gasteiger partial charge in [-0.1, -0.05) is 5.16 Å². The van der Waals surface area contributed by atoms with E-state index in [9.17, 15) is 22.9 Å². The van der Waals surface area contributed by atoms with E-state index in [0.717, 1.165) is 12.5 Å². The van der Waals surface area contributed by atoms with Crippen LogP contribution in [0.25, 0.3) is 0 Å². The van der Waals surface area contributed by atoms with E-state index in [4.69, 9.17) is 0 Å². The summed E-state index contributed by atoms with van der Waals surface area (Å²) in [5.41, 5.74) is -0.876. The molecule has 2 aromatic rings. The van der Waals surface area contributed by atoms with Crippen molar-refractivity contribution < 1.29 is 22.3 Å². The zero-order valence-corrected chi connectivity index (χ0v) is 11.4. The summed E-state index contributed by atoms with van der Waals surface area (Å²) in [5, 5.41) is 14.1. The van der Waals surface area contributed by atoms with Gasteiger partial charge in [0, 0.05) is 6.07 Å². The van der Waals surface area contributed by atoms with Crippen molar-refractivity contribution >= 4 is 15.7 Å². The molecule has 11 heteroatoms. The first-order valence-corrected chi connectivity index (χ1v) is 6.99. The molecule has 0 fully saturated rings. The number of sulfonamides is 1. The van der Waals surface area contributed by atoms with Crippen molar-refractivity contribution in [3.63, 3.8) is 0 Å². The highest BCUT2D eigenvalue weighted by molar-refractivity contribution is 7.89. The summed E-state index contributed by atoms with van der Waals surface area (Å²) >= 11 is 0. The number of halogens is 1. The van der Waals surface area contributed by atoms with E-state index in [2.05, 4.69) is 19.4 Å². The number of nitrogens with one attached hydrogen (secondary N) is 1. The first kappa shape index (κ1) is 15.0. The predicted molar refractivity (Wildman–Crippen MR) is 66.1 cm³/mol. The third kappa shape index (κ3) is 3.20. The molecule has 1 N–H and O–H groups in total. The zero-order chi connectivity index (χ0) is 15.6. The van der Waals surface area contributed by atoms with Crippen molar-refractivity contribution in [3.05, 3.63) is 45.8 Å². The number of benzene rings is 1. The Bertz CT molecular complexity index is 775. The van der Waals surface area contributed by atoms with Gasteiger partial charge in [-0.15, -0.1) is 0 Å². The molecule has 1 aromatic carbocycles. The lowest BCUT2D eigenvalue weighted by molar-refractivity contribution is -0.387. The Morgan fingerprint density at radius 3 is 2.76 bits per heavy atom. The van der Waals surface area contributed by atoms with Crippen molar-refractivity contribution in [1.29, 1.82) is 0 Å². The summed E-state index contributed by atoms with van der Waals surface area (Å²) in [7, 11) is -4.08. The largest absolute Gasteiger partial charge is 0.343 e. The Hall–Kier alpha value is -2.40. The van der Waals surface area contributed by atoms with E-state index in [1.54, 1.807) is 0 Å². The molecule has 0 aliphatic rings. The van der Waals surface area contributed by atoms with E-state index in [1.807, 2.05) is 0 Å². The fourth-order valence-electron chi connectivity index (χ4n) is 1.58. The first-order valence-electron chi connectivity index (χ1n) is 5.50. The molecule has 0 saturated heterocycles. The maximum absolute atomic E-state index is 13.4. The van der Waals surface area contributed by atoms with Crippen LogP contribution in [-0.2, 0) is 16.6 Å². The van der Waals surface area contributed by atoms with Gasteiger partial charge in [0.2, 0.25) is 22.2 Å². The summed E-state index contributed by atoms with van der Waals surface area (Å²) in [6, 6.07) is 1.46. The fraction of sp³-hybridized carbons (Fsp3) is 0.200.